The maximum Gasteiger partial charge on any atom is 0.329 e. The van der Waals surface area contributed by atoms with Gasteiger partial charge >= 0.3 is 5.69 Å². The summed E-state index contributed by atoms with van der Waals surface area (Å²) in [7, 11) is 0. The standard InChI is InChI=1S/C22H27N5O3S/c1-2-7-27-19-18(21(29)25-22(27)30)11-16(13-23-19)20(28)24-12-15-5-8-26(9-6-15)14-17-4-3-10-31-17/h3-4,10-11,13,15H,2,5-9,12,14H2,1H3,(H,24,28)(H,25,29,30). The minimum Gasteiger partial charge on any atom is -0.352 e. The molecule has 1 aliphatic heterocycles. The molecule has 9 heteroatoms. The van der Waals surface area contributed by atoms with Gasteiger partial charge in [-0.05, 0) is 55.8 Å². The van der Waals surface area contributed by atoms with E-state index in [1.807, 2.05) is 6.92 Å². The van der Waals surface area contributed by atoms with Gasteiger partial charge in [-0.1, -0.05) is 13.0 Å². The Kier molecular flexibility index (Phi) is 6.62. The van der Waals surface area contributed by atoms with E-state index in [2.05, 4.69) is 37.7 Å². The average molecular weight is 442 g/mol. The summed E-state index contributed by atoms with van der Waals surface area (Å²) in [6.45, 7) is 6.06. The molecule has 0 aromatic carbocycles. The number of nitrogens with zero attached hydrogens (tertiary/aromatic N) is 3. The molecule has 0 bridgehead atoms. The highest BCUT2D eigenvalue weighted by molar-refractivity contribution is 7.09. The van der Waals surface area contributed by atoms with Gasteiger partial charge in [0.1, 0.15) is 5.65 Å². The van der Waals surface area contributed by atoms with Crippen LogP contribution in [0.4, 0.5) is 0 Å². The number of H-pyrrole nitrogens is 1. The number of aryl methyl sites for hydroxylation is 1. The van der Waals surface area contributed by atoms with Crippen molar-refractivity contribution in [1.29, 1.82) is 0 Å². The third kappa shape index (κ3) is 4.94. The molecule has 1 fully saturated rings. The van der Waals surface area contributed by atoms with E-state index in [-0.39, 0.29) is 11.3 Å². The number of piperidine rings is 1. The number of fused-ring (bicyclic) bond motifs is 1. The Labute approximate surface area is 183 Å². The number of aromatic nitrogens is 3. The predicted octanol–water partition coefficient (Wildman–Crippen LogP) is 2.20. The van der Waals surface area contributed by atoms with Crippen molar-refractivity contribution < 1.29 is 4.79 Å². The summed E-state index contributed by atoms with van der Waals surface area (Å²) >= 11 is 1.79. The molecule has 4 rings (SSSR count). The number of nitrogens with one attached hydrogen (secondary N) is 2. The molecule has 4 heterocycles. The monoisotopic (exact) mass is 441 g/mol. The summed E-state index contributed by atoms with van der Waals surface area (Å²) in [6.07, 6.45) is 4.26. The molecular weight excluding hydrogens is 414 g/mol. The molecule has 31 heavy (non-hydrogen) atoms. The lowest BCUT2D eigenvalue weighted by Gasteiger charge is -2.31. The van der Waals surface area contributed by atoms with Crippen LogP contribution in [0.1, 0.15) is 41.4 Å². The van der Waals surface area contributed by atoms with Crippen LogP contribution < -0.4 is 16.6 Å². The molecule has 0 unspecified atom stereocenters. The molecule has 0 saturated carbocycles. The van der Waals surface area contributed by atoms with Gasteiger partial charge in [-0.3, -0.25) is 24.0 Å². The van der Waals surface area contributed by atoms with E-state index in [1.54, 1.807) is 11.3 Å². The molecule has 3 aromatic rings. The van der Waals surface area contributed by atoms with Crippen molar-refractivity contribution in [1.82, 2.24) is 24.8 Å². The minimum atomic E-state index is -0.521. The Morgan fingerprint density at radius 1 is 1.32 bits per heavy atom. The van der Waals surface area contributed by atoms with Gasteiger partial charge in [0.2, 0.25) is 0 Å². The molecule has 0 spiro atoms. The van der Waals surface area contributed by atoms with Crippen molar-refractivity contribution in [2.45, 2.75) is 39.3 Å². The summed E-state index contributed by atoms with van der Waals surface area (Å²) < 4.78 is 1.43. The first kappa shape index (κ1) is 21.5. The number of aromatic amines is 1. The van der Waals surface area contributed by atoms with Crippen LogP contribution in [0.3, 0.4) is 0 Å². The van der Waals surface area contributed by atoms with Crippen LogP contribution in [0.25, 0.3) is 11.0 Å². The second-order valence-corrected chi connectivity index (χ2v) is 9.05. The van der Waals surface area contributed by atoms with Crippen molar-refractivity contribution in [3.8, 4) is 0 Å². The van der Waals surface area contributed by atoms with E-state index < -0.39 is 11.2 Å². The zero-order valence-electron chi connectivity index (χ0n) is 17.6. The van der Waals surface area contributed by atoms with E-state index in [0.717, 1.165) is 38.9 Å². The van der Waals surface area contributed by atoms with E-state index in [9.17, 15) is 14.4 Å². The molecule has 2 N–H and O–H groups in total. The number of hydrogen-bond acceptors (Lipinski definition) is 6. The van der Waals surface area contributed by atoms with Crippen molar-refractivity contribution in [2.24, 2.45) is 5.92 Å². The third-order valence-corrected chi connectivity index (χ3v) is 6.62. The van der Waals surface area contributed by atoms with Crippen LogP contribution in [0.5, 0.6) is 0 Å². The molecule has 3 aromatic heterocycles. The van der Waals surface area contributed by atoms with Gasteiger partial charge in [-0.2, -0.15) is 0 Å². The third-order valence-electron chi connectivity index (χ3n) is 5.76. The number of rotatable bonds is 7. The lowest BCUT2D eigenvalue weighted by molar-refractivity contribution is 0.0935. The summed E-state index contributed by atoms with van der Waals surface area (Å²) in [5, 5.41) is 5.35. The Morgan fingerprint density at radius 3 is 2.84 bits per heavy atom. The van der Waals surface area contributed by atoms with Gasteiger partial charge in [0.05, 0.1) is 10.9 Å². The fourth-order valence-corrected chi connectivity index (χ4v) is 4.78. The van der Waals surface area contributed by atoms with Crippen LogP contribution in [0.2, 0.25) is 0 Å². The van der Waals surface area contributed by atoms with Crippen molar-refractivity contribution in [2.75, 3.05) is 19.6 Å². The average Bonchev–Trinajstić information content (AvgIpc) is 3.28. The van der Waals surface area contributed by atoms with E-state index in [1.165, 1.54) is 21.7 Å². The highest BCUT2D eigenvalue weighted by atomic mass is 32.1. The lowest BCUT2D eigenvalue weighted by atomic mass is 9.96. The Balaban J connectivity index is 1.37. The molecule has 164 valence electrons. The van der Waals surface area contributed by atoms with Crippen LogP contribution in [0, 0.1) is 5.92 Å². The normalized spacial score (nSPS) is 15.4. The smallest absolute Gasteiger partial charge is 0.329 e. The van der Waals surface area contributed by atoms with Gasteiger partial charge < -0.3 is 5.32 Å². The summed E-state index contributed by atoms with van der Waals surface area (Å²) in [4.78, 5) is 47.3. The molecule has 1 aliphatic rings. The highest BCUT2D eigenvalue weighted by Crippen LogP contribution is 2.20. The summed E-state index contributed by atoms with van der Waals surface area (Å²) in [5.41, 5.74) is -0.359. The Bertz CT molecular complexity index is 1160. The van der Waals surface area contributed by atoms with Crippen LogP contribution in [0.15, 0.2) is 39.4 Å². The van der Waals surface area contributed by atoms with Crippen LogP contribution in [-0.4, -0.2) is 45.0 Å². The molecular formula is C22H27N5O3S. The van der Waals surface area contributed by atoms with Gasteiger partial charge in [-0.25, -0.2) is 9.78 Å². The van der Waals surface area contributed by atoms with E-state index >= 15 is 0 Å². The van der Waals surface area contributed by atoms with Gasteiger partial charge in [-0.15, -0.1) is 11.3 Å². The quantitative estimate of drug-likeness (QED) is 0.586. The number of amides is 1. The number of carbonyl (C=O) groups is 1. The van der Waals surface area contributed by atoms with Gasteiger partial charge in [0.25, 0.3) is 11.5 Å². The van der Waals surface area contributed by atoms with Crippen molar-refractivity contribution in [3.05, 3.63) is 61.1 Å². The molecule has 1 saturated heterocycles. The largest absolute Gasteiger partial charge is 0.352 e. The second kappa shape index (κ2) is 9.57. The first-order chi connectivity index (χ1) is 15.0. The molecule has 8 nitrogen and oxygen atoms in total. The predicted molar refractivity (Wildman–Crippen MR) is 122 cm³/mol. The molecule has 1 amide bonds. The first-order valence-electron chi connectivity index (χ1n) is 10.7. The fourth-order valence-electron chi connectivity index (χ4n) is 4.03. The number of carbonyl (C=O) groups excluding carboxylic acids is 1. The number of hydrogen-bond donors (Lipinski definition) is 2. The SMILES string of the molecule is CCCn1c(=O)[nH]c(=O)c2cc(C(=O)NCC3CCN(Cc4cccs4)CC3)cnc21. The van der Waals surface area contributed by atoms with Crippen molar-refractivity contribution in [3.63, 3.8) is 0 Å². The second-order valence-electron chi connectivity index (χ2n) is 8.01. The maximum absolute atomic E-state index is 12.7. The van der Waals surface area contributed by atoms with Gasteiger partial charge in [0.15, 0.2) is 0 Å². The number of likely N-dealkylation sites (tertiary alicyclic amines) is 1. The molecule has 0 aliphatic carbocycles. The molecule has 0 atom stereocenters. The van der Waals surface area contributed by atoms with Crippen molar-refractivity contribution >= 4 is 28.3 Å². The van der Waals surface area contributed by atoms with E-state index in [4.69, 9.17) is 0 Å². The topological polar surface area (TPSA) is 100 Å². The molecule has 0 radical (unpaired) electrons. The summed E-state index contributed by atoms with van der Waals surface area (Å²) in [6, 6.07) is 5.77. The lowest BCUT2D eigenvalue weighted by Crippen LogP contribution is -2.38. The van der Waals surface area contributed by atoms with E-state index in [0.29, 0.717) is 30.2 Å². The Hall–Kier alpha value is -2.78. The minimum absolute atomic E-state index is 0.247. The Morgan fingerprint density at radius 2 is 2.13 bits per heavy atom. The maximum atomic E-state index is 12.7. The fraction of sp³-hybridized carbons (Fsp3) is 0.455. The number of pyridine rings is 1. The van der Waals surface area contributed by atoms with Gasteiger partial charge in [0, 0.05) is 30.7 Å². The zero-order valence-corrected chi connectivity index (χ0v) is 18.4. The van der Waals surface area contributed by atoms with Crippen LogP contribution in [-0.2, 0) is 13.1 Å². The first-order valence-corrected chi connectivity index (χ1v) is 11.6. The highest BCUT2D eigenvalue weighted by Gasteiger charge is 2.20. The zero-order chi connectivity index (χ0) is 21.8. The number of thiophene rings is 1. The van der Waals surface area contributed by atoms with Crippen LogP contribution >= 0.6 is 11.3 Å². The summed E-state index contributed by atoms with van der Waals surface area (Å²) in [5.74, 6) is 0.193.